The van der Waals surface area contributed by atoms with Gasteiger partial charge in [-0.2, -0.15) is 0 Å². The Balaban J connectivity index is 2.44. The first-order valence-electron chi connectivity index (χ1n) is 6.64. The van der Waals surface area contributed by atoms with Crippen LogP contribution in [0.1, 0.15) is 20.8 Å². The summed E-state index contributed by atoms with van der Waals surface area (Å²) in [5.74, 6) is 1.20. The van der Waals surface area contributed by atoms with Gasteiger partial charge in [-0.25, -0.2) is 0 Å². The molecule has 0 atom stereocenters. The van der Waals surface area contributed by atoms with E-state index in [1.165, 1.54) is 4.90 Å². The SMILES string of the molecule is CCOc1ccc(OCC(=O)N(C)CC(C)(C)O)cc1. The Labute approximate surface area is 120 Å². The predicted octanol–water partition coefficient (Wildman–Crippen LogP) is 1.69. The first kappa shape index (κ1) is 16.3. The molecule has 112 valence electrons. The molecule has 0 fully saturated rings. The van der Waals surface area contributed by atoms with Crippen molar-refractivity contribution in [3.63, 3.8) is 0 Å². The Kier molecular flexibility index (Phi) is 5.82. The van der Waals surface area contributed by atoms with Gasteiger partial charge in [0.1, 0.15) is 11.5 Å². The Morgan fingerprint density at radius 3 is 2.15 bits per heavy atom. The van der Waals surface area contributed by atoms with E-state index < -0.39 is 5.60 Å². The van der Waals surface area contributed by atoms with Crippen molar-refractivity contribution in [2.24, 2.45) is 0 Å². The van der Waals surface area contributed by atoms with E-state index in [4.69, 9.17) is 9.47 Å². The van der Waals surface area contributed by atoms with Gasteiger partial charge >= 0.3 is 0 Å². The zero-order chi connectivity index (χ0) is 15.2. The number of hydrogen-bond acceptors (Lipinski definition) is 4. The highest BCUT2D eigenvalue weighted by Crippen LogP contribution is 2.17. The van der Waals surface area contributed by atoms with Crippen molar-refractivity contribution in [2.75, 3.05) is 26.8 Å². The molecule has 5 nitrogen and oxygen atoms in total. The Morgan fingerprint density at radius 2 is 1.70 bits per heavy atom. The van der Waals surface area contributed by atoms with Crippen LogP contribution < -0.4 is 9.47 Å². The average molecular weight is 281 g/mol. The molecule has 0 bridgehead atoms. The number of amides is 1. The molecule has 0 saturated carbocycles. The molecule has 1 N–H and O–H groups in total. The molecule has 1 aromatic carbocycles. The van der Waals surface area contributed by atoms with Crippen LogP contribution in [0.15, 0.2) is 24.3 Å². The summed E-state index contributed by atoms with van der Waals surface area (Å²) in [4.78, 5) is 13.3. The van der Waals surface area contributed by atoms with E-state index >= 15 is 0 Å². The van der Waals surface area contributed by atoms with Gasteiger partial charge in [0.25, 0.3) is 5.91 Å². The van der Waals surface area contributed by atoms with E-state index in [0.717, 1.165) is 5.75 Å². The number of rotatable bonds is 7. The Bertz CT molecular complexity index is 422. The van der Waals surface area contributed by atoms with Crippen molar-refractivity contribution < 1.29 is 19.4 Å². The molecule has 0 aliphatic carbocycles. The van der Waals surface area contributed by atoms with Crippen LogP contribution in [0.4, 0.5) is 0 Å². The number of ether oxygens (including phenoxy) is 2. The molecule has 1 amide bonds. The molecular weight excluding hydrogens is 258 g/mol. The molecule has 1 rings (SSSR count). The number of aliphatic hydroxyl groups is 1. The molecule has 1 aromatic rings. The van der Waals surface area contributed by atoms with E-state index in [-0.39, 0.29) is 19.1 Å². The molecule has 0 saturated heterocycles. The summed E-state index contributed by atoms with van der Waals surface area (Å²) < 4.78 is 10.7. The minimum Gasteiger partial charge on any atom is -0.494 e. The third-order valence-electron chi connectivity index (χ3n) is 2.55. The molecule has 0 unspecified atom stereocenters. The number of carbonyl (C=O) groups is 1. The van der Waals surface area contributed by atoms with Gasteiger partial charge in [-0.1, -0.05) is 0 Å². The quantitative estimate of drug-likeness (QED) is 0.826. The lowest BCUT2D eigenvalue weighted by atomic mass is 10.1. The van der Waals surface area contributed by atoms with Gasteiger partial charge in [-0.3, -0.25) is 4.79 Å². The van der Waals surface area contributed by atoms with E-state index in [9.17, 15) is 9.90 Å². The second-order valence-electron chi connectivity index (χ2n) is 5.26. The normalized spacial score (nSPS) is 11.1. The number of carbonyl (C=O) groups excluding carboxylic acids is 1. The second-order valence-corrected chi connectivity index (χ2v) is 5.26. The van der Waals surface area contributed by atoms with E-state index in [1.807, 2.05) is 6.92 Å². The van der Waals surface area contributed by atoms with Crippen molar-refractivity contribution >= 4 is 5.91 Å². The lowest BCUT2D eigenvalue weighted by Gasteiger charge is -2.25. The fourth-order valence-electron chi connectivity index (χ4n) is 1.72. The maximum atomic E-state index is 11.8. The lowest BCUT2D eigenvalue weighted by Crippen LogP contribution is -2.41. The first-order chi connectivity index (χ1) is 9.31. The Morgan fingerprint density at radius 1 is 1.20 bits per heavy atom. The summed E-state index contributed by atoms with van der Waals surface area (Å²) in [5, 5.41) is 9.65. The Hall–Kier alpha value is -1.75. The highest BCUT2D eigenvalue weighted by Gasteiger charge is 2.19. The van der Waals surface area contributed by atoms with Crippen LogP contribution in [0.25, 0.3) is 0 Å². The summed E-state index contributed by atoms with van der Waals surface area (Å²) in [5.41, 5.74) is -0.913. The van der Waals surface area contributed by atoms with Crippen molar-refractivity contribution in [3.8, 4) is 11.5 Å². The van der Waals surface area contributed by atoms with Crippen LogP contribution in [-0.4, -0.2) is 48.3 Å². The summed E-state index contributed by atoms with van der Waals surface area (Å²) in [7, 11) is 1.64. The minimum atomic E-state index is -0.913. The molecule has 0 aliphatic heterocycles. The van der Waals surface area contributed by atoms with E-state index in [1.54, 1.807) is 45.2 Å². The van der Waals surface area contributed by atoms with Crippen molar-refractivity contribution in [1.82, 2.24) is 4.90 Å². The topological polar surface area (TPSA) is 59.0 Å². The summed E-state index contributed by atoms with van der Waals surface area (Å²) >= 11 is 0. The number of benzene rings is 1. The molecule has 20 heavy (non-hydrogen) atoms. The van der Waals surface area contributed by atoms with Gasteiger partial charge in [0.05, 0.1) is 12.2 Å². The van der Waals surface area contributed by atoms with Gasteiger partial charge in [-0.05, 0) is 45.0 Å². The zero-order valence-electron chi connectivity index (χ0n) is 12.5. The summed E-state index contributed by atoms with van der Waals surface area (Å²) in [6.45, 7) is 6.05. The van der Waals surface area contributed by atoms with Crippen LogP contribution in [0, 0.1) is 0 Å². The third-order valence-corrected chi connectivity index (χ3v) is 2.55. The first-order valence-corrected chi connectivity index (χ1v) is 6.64. The molecule has 0 aromatic heterocycles. The maximum Gasteiger partial charge on any atom is 0.260 e. The number of nitrogens with zero attached hydrogens (tertiary/aromatic N) is 1. The van der Waals surface area contributed by atoms with Crippen molar-refractivity contribution in [2.45, 2.75) is 26.4 Å². The van der Waals surface area contributed by atoms with Gasteiger partial charge in [0.2, 0.25) is 0 Å². The maximum absolute atomic E-state index is 11.8. The highest BCUT2D eigenvalue weighted by atomic mass is 16.5. The van der Waals surface area contributed by atoms with Crippen LogP contribution in [-0.2, 0) is 4.79 Å². The standard InChI is InChI=1S/C15H23NO4/c1-5-19-12-6-8-13(9-7-12)20-10-14(17)16(4)11-15(2,3)18/h6-9,18H,5,10-11H2,1-4H3. The van der Waals surface area contributed by atoms with Gasteiger partial charge in [-0.15, -0.1) is 0 Å². The van der Waals surface area contributed by atoms with Gasteiger partial charge in [0, 0.05) is 13.6 Å². The highest BCUT2D eigenvalue weighted by molar-refractivity contribution is 5.77. The van der Waals surface area contributed by atoms with Crippen LogP contribution >= 0.6 is 0 Å². The van der Waals surface area contributed by atoms with Gasteiger partial charge < -0.3 is 19.5 Å². The van der Waals surface area contributed by atoms with Crippen LogP contribution in [0.2, 0.25) is 0 Å². The largest absolute Gasteiger partial charge is 0.494 e. The molecule has 0 spiro atoms. The second kappa shape index (κ2) is 7.14. The lowest BCUT2D eigenvalue weighted by molar-refractivity contribution is -0.134. The zero-order valence-corrected chi connectivity index (χ0v) is 12.5. The van der Waals surface area contributed by atoms with Gasteiger partial charge in [0.15, 0.2) is 6.61 Å². The van der Waals surface area contributed by atoms with E-state index in [2.05, 4.69) is 0 Å². The third kappa shape index (κ3) is 5.93. The molecule has 0 aliphatic rings. The molecule has 5 heteroatoms. The monoisotopic (exact) mass is 281 g/mol. The molecule has 0 heterocycles. The van der Waals surface area contributed by atoms with Crippen LogP contribution in [0.5, 0.6) is 11.5 Å². The molecular formula is C15H23NO4. The molecule has 0 radical (unpaired) electrons. The predicted molar refractivity (Wildman–Crippen MR) is 77.0 cm³/mol. The van der Waals surface area contributed by atoms with Crippen molar-refractivity contribution in [1.29, 1.82) is 0 Å². The van der Waals surface area contributed by atoms with Crippen LogP contribution in [0.3, 0.4) is 0 Å². The van der Waals surface area contributed by atoms with Crippen molar-refractivity contribution in [3.05, 3.63) is 24.3 Å². The average Bonchev–Trinajstić information content (AvgIpc) is 2.36. The fraction of sp³-hybridized carbons (Fsp3) is 0.533. The summed E-state index contributed by atoms with van der Waals surface area (Å²) in [6.07, 6.45) is 0. The number of hydrogen-bond donors (Lipinski definition) is 1. The smallest absolute Gasteiger partial charge is 0.260 e. The minimum absolute atomic E-state index is 0.0550. The van der Waals surface area contributed by atoms with E-state index in [0.29, 0.717) is 12.4 Å². The number of likely N-dealkylation sites (N-methyl/N-ethyl adjacent to an activating group) is 1. The summed E-state index contributed by atoms with van der Waals surface area (Å²) in [6, 6.07) is 7.11. The fourth-order valence-corrected chi connectivity index (χ4v) is 1.72.